The molecular formula is C52H33FN4. The first-order valence-electron chi connectivity index (χ1n) is 18.9. The molecule has 0 saturated carbocycles. The highest BCUT2D eigenvalue weighted by Gasteiger charge is 2.25. The van der Waals surface area contributed by atoms with Crippen LogP contribution >= 0.6 is 0 Å². The number of rotatable bonds is 5. The van der Waals surface area contributed by atoms with E-state index in [-0.39, 0.29) is 5.56 Å². The highest BCUT2D eigenvalue weighted by atomic mass is 19.1. The van der Waals surface area contributed by atoms with Gasteiger partial charge in [-0.25, -0.2) is 4.39 Å². The van der Waals surface area contributed by atoms with Crippen molar-refractivity contribution in [1.29, 1.82) is 10.5 Å². The lowest BCUT2D eigenvalue weighted by Gasteiger charge is -2.21. The Morgan fingerprint density at radius 3 is 1.37 bits per heavy atom. The molecule has 0 bridgehead atoms. The summed E-state index contributed by atoms with van der Waals surface area (Å²) in [6.07, 6.45) is 0. The summed E-state index contributed by atoms with van der Waals surface area (Å²) in [5.41, 5.74) is 13.2. The number of fused-ring (bicyclic) bond motifs is 6. The number of aryl methyl sites for hydroxylation is 2. The van der Waals surface area contributed by atoms with E-state index in [1.165, 1.54) is 6.07 Å². The molecule has 2 heterocycles. The third-order valence-electron chi connectivity index (χ3n) is 11.1. The van der Waals surface area contributed by atoms with Crippen molar-refractivity contribution in [3.05, 3.63) is 192 Å². The summed E-state index contributed by atoms with van der Waals surface area (Å²) in [6.45, 7) is 4.18. The molecule has 2 aromatic heterocycles. The van der Waals surface area contributed by atoms with Crippen LogP contribution in [-0.2, 0) is 0 Å². The predicted molar refractivity (Wildman–Crippen MR) is 230 cm³/mol. The van der Waals surface area contributed by atoms with Crippen molar-refractivity contribution >= 4 is 43.6 Å². The van der Waals surface area contributed by atoms with E-state index in [4.69, 9.17) is 0 Å². The van der Waals surface area contributed by atoms with E-state index in [9.17, 15) is 10.5 Å². The van der Waals surface area contributed by atoms with E-state index >= 15 is 4.39 Å². The largest absolute Gasteiger partial charge is 0.308 e. The quantitative estimate of drug-likeness (QED) is 0.177. The zero-order valence-corrected chi connectivity index (χ0v) is 31.3. The highest BCUT2D eigenvalue weighted by molar-refractivity contribution is 6.13. The van der Waals surface area contributed by atoms with Crippen molar-refractivity contribution in [2.45, 2.75) is 13.8 Å². The predicted octanol–water partition coefficient (Wildman–Crippen LogP) is 13.4. The van der Waals surface area contributed by atoms with Crippen LogP contribution in [0.15, 0.2) is 164 Å². The second kappa shape index (κ2) is 13.2. The molecule has 0 saturated heterocycles. The first-order chi connectivity index (χ1) is 27.9. The van der Waals surface area contributed by atoms with Gasteiger partial charge in [-0.15, -0.1) is 0 Å². The Morgan fingerprint density at radius 1 is 0.421 bits per heavy atom. The van der Waals surface area contributed by atoms with Gasteiger partial charge in [0.2, 0.25) is 0 Å². The average molecular weight is 733 g/mol. The van der Waals surface area contributed by atoms with Crippen molar-refractivity contribution in [2.75, 3.05) is 0 Å². The summed E-state index contributed by atoms with van der Waals surface area (Å²) in [5, 5.41) is 24.7. The Hall–Kier alpha value is -7.73. The second-order valence-corrected chi connectivity index (χ2v) is 14.7. The van der Waals surface area contributed by atoms with E-state index in [0.717, 1.165) is 77.0 Å². The lowest BCUT2D eigenvalue weighted by atomic mass is 9.96. The van der Waals surface area contributed by atoms with Gasteiger partial charge in [0.25, 0.3) is 0 Å². The summed E-state index contributed by atoms with van der Waals surface area (Å²) in [5.74, 6) is -0.524. The molecule has 10 rings (SSSR count). The van der Waals surface area contributed by atoms with Gasteiger partial charge in [0.15, 0.2) is 0 Å². The fourth-order valence-electron chi connectivity index (χ4n) is 8.56. The van der Waals surface area contributed by atoms with E-state index in [1.54, 1.807) is 12.1 Å². The van der Waals surface area contributed by atoms with Crippen LogP contribution in [0.5, 0.6) is 0 Å². The number of nitrogens with zero attached hydrogens (tertiary/aromatic N) is 4. The molecule has 268 valence electrons. The third-order valence-corrected chi connectivity index (χ3v) is 11.1. The van der Waals surface area contributed by atoms with E-state index in [2.05, 4.69) is 144 Å². The fourth-order valence-corrected chi connectivity index (χ4v) is 8.56. The Kier molecular flexibility index (Phi) is 7.85. The van der Waals surface area contributed by atoms with Crippen molar-refractivity contribution in [1.82, 2.24) is 9.13 Å². The van der Waals surface area contributed by atoms with Crippen LogP contribution in [0, 0.1) is 42.3 Å². The molecule has 10 aromatic rings. The molecule has 5 heteroatoms. The minimum atomic E-state index is -0.524. The van der Waals surface area contributed by atoms with Crippen LogP contribution in [-0.4, -0.2) is 9.13 Å². The maximum Gasteiger partial charge on any atom is 0.132 e. The number of hydrogen-bond acceptors (Lipinski definition) is 2. The maximum absolute atomic E-state index is 16.8. The van der Waals surface area contributed by atoms with Crippen molar-refractivity contribution in [3.63, 3.8) is 0 Å². The van der Waals surface area contributed by atoms with Gasteiger partial charge in [0, 0.05) is 32.7 Å². The Morgan fingerprint density at radius 2 is 0.895 bits per heavy atom. The molecule has 4 nitrogen and oxygen atoms in total. The van der Waals surface area contributed by atoms with Crippen LogP contribution in [0.25, 0.3) is 88.4 Å². The Balaban J connectivity index is 1.38. The molecule has 8 aromatic carbocycles. The van der Waals surface area contributed by atoms with Gasteiger partial charge in [-0.2, -0.15) is 10.5 Å². The van der Waals surface area contributed by atoms with E-state index < -0.39 is 5.82 Å². The number of halogens is 1. The van der Waals surface area contributed by atoms with Crippen molar-refractivity contribution in [3.8, 4) is 56.9 Å². The molecule has 0 amide bonds. The van der Waals surface area contributed by atoms with Crippen LogP contribution in [0.3, 0.4) is 0 Å². The zero-order chi connectivity index (χ0) is 38.8. The Bertz CT molecular complexity index is 3180. The summed E-state index contributed by atoms with van der Waals surface area (Å²) >= 11 is 0. The highest BCUT2D eigenvalue weighted by Crippen LogP contribution is 2.44. The minimum absolute atomic E-state index is 0.229. The van der Waals surface area contributed by atoms with Gasteiger partial charge in [-0.05, 0) is 90.7 Å². The number of para-hydroxylation sites is 2. The second-order valence-electron chi connectivity index (χ2n) is 14.7. The molecule has 0 fully saturated rings. The van der Waals surface area contributed by atoms with Gasteiger partial charge >= 0.3 is 0 Å². The first kappa shape index (κ1) is 33.8. The van der Waals surface area contributed by atoms with Crippen molar-refractivity contribution < 1.29 is 4.39 Å². The van der Waals surface area contributed by atoms with E-state index in [0.29, 0.717) is 28.1 Å². The number of nitriles is 2. The topological polar surface area (TPSA) is 57.4 Å². The van der Waals surface area contributed by atoms with Crippen molar-refractivity contribution in [2.24, 2.45) is 0 Å². The maximum atomic E-state index is 16.8. The number of hydrogen-bond donors (Lipinski definition) is 0. The van der Waals surface area contributed by atoms with Crippen LogP contribution in [0.2, 0.25) is 0 Å². The first-order valence-corrected chi connectivity index (χ1v) is 18.9. The smallest absolute Gasteiger partial charge is 0.132 e. The Labute approximate surface area is 329 Å². The SMILES string of the molecule is Cc1cccc(-c2ccc3c4ccccc4n(-c4cc(C#N)cc(-n5c6ccccc6c6ccc(-c7cccc(C)c7)cc65)c4-c4ccc(C#N)cc4F)c3c2)c1. The number of benzene rings is 8. The monoisotopic (exact) mass is 732 g/mol. The summed E-state index contributed by atoms with van der Waals surface area (Å²) < 4.78 is 21.2. The summed E-state index contributed by atoms with van der Waals surface area (Å²) in [6, 6.07) is 59.3. The summed E-state index contributed by atoms with van der Waals surface area (Å²) in [7, 11) is 0. The molecule has 0 N–H and O–H groups in total. The normalized spacial score (nSPS) is 11.4. The minimum Gasteiger partial charge on any atom is -0.308 e. The number of aromatic nitrogens is 2. The lowest BCUT2D eigenvalue weighted by Crippen LogP contribution is -2.06. The van der Waals surface area contributed by atoms with Crippen LogP contribution in [0.1, 0.15) is 22.3 Å². The molecule has 57 heavy (non-hydrogen) atoms. The molecule has 0 aliphatic heterocycles. The molecule has 0 unspecified atom stereocenters. The molecule has 0 aliphatic rings. The van der Waals surface area contributed by atoms with E-state index in [1.807, 2.05) is 36.4 Å². The zero-order valence-electron chi connectivity index (χ0n) is 31.3. The van der Waals surface area contributed by atoms with Gasteiger partial charge in [0.05, 0.1) is 56.7 Å². The van der Waals surface area contributed by atoms with Crippen LogP contribution < -0.4 is 0 Å². The van der Waals surface area contributed by atoms with Gasteiger partial charge in [-0.3, -0.25) is 0 Å². The molecule has 0 aliphatic carbocycles. The third kappa shape index (κ3) is 5.48. The van der Waals surface area contributed by atoms with Gasteiger partial charge < -0.3 is 9.13 Å². The standard InChI is InChI=1S/C52H33FN4/c1-32-9-7-11-36(23-32)38-18-21-42-40-13-3-5-15-46(40)56(48(42)28-38)50-26-35(31-55)27-51(52(50)44-20-17-34(30-54)25-45(44)53)57-47-16-6-4-14-41(47)43-22-19-39(29-49(43)57)37-12-8-10-33(2)24-37/h3-29H,1-2H3. The molecule has 0 spiro atoms. The van der Waals surface area contributed by atoms with Gasteiger partial charge in [-0.1, -0.05) is 120 Å². The summed E-state index contributed by atoms with van der Waals surface area (Å²) in [4.78, 5) is 0. The average Bonchev–Trinajstić information content (AvgIpc) is 3.75. The molecular weight excluding hydrogens is 700 g/mol. The molecule has 0 atom stereocenters. The fraction of sp³-hybridized carbons (Fsp3) is 0.0385. The van der Waals surface area contributed by atoms with Gasteiger partial charge in [0.1, 0.15) is 5.82 Å². The lowest BCUT2D eigenvalue weighted by molar-refractivity contribution is 0.630. The van der Waals surface area contributed by atoms with Crippen LogP contribution in [0.4, 0.5) is 4.39 Å². The molecule has 0 radical (unpaired) electrons.